The van der Waals surface area contributed by atoms with Crippen LogP contribution in [0.2, 0.25) is 0 Å². The zero-order valence-electron chi connectivity index (χ0n) is 13.4. The highest BCUT2D eigenvalue weighted by Gasteiger charge is 2.34. The molecule has 0 aromatic heterocycles. The highest BCUT2D eigenvalue weighted by molar-refractivity contribution is 5.27. The largest absolute Gasteiger partial charge is 0.494 e. The van der Waals surface area contributed by atoms with Crippen molar-refractivity contribution in [2.24, 2.45) is 5.73 Å². The van der Waals surface area contributed by atoms with E-state index >= 15 is 0 Å². The van der Waals surface area contributed by atoms with E-state index in [-0.39, 0.29) is 0 Å². The molecule has 0 saturated heterocycles. The molecule has 2 atom stereocenters. The molecular weight excluding hydrogens is 286 g/mol. The standard InChI is InChI=1S/C20H25NO2/c21-20(22)13-12-18(15-20)17-10-8-16(9-11-17)5-4-14-23-19-6-2-1-3-7-19/h1-3,6-11,18,22H,4-5,12-15,21H2/t18-,20+/m1/s1. The zero-order chi connectivity index (χ0) is 16.1. The van der Waals surface area contributed by atoms with Gasteiger partial charge in [0.1, 0.15) is 11.5 Å². The van der Waals surface area contributed by atoms with Gasteiger partial charge >= 0.3 is 0 Å². The predicted octanol–water partition coefficient (Wildman–Crippen LogP) is 3.61. The van der Waals surface area contributed by atoms with E-state index in [1.807, 2.05) is 30.3 Å². The number of hydrogen-bond donors (Lipinski definition) is 2. The molecule has 1 aliphatic carbocycles. The molecule has 2 aromatic carbocycles. The Hall–Kier alpha value is -1.84. The molecule has 0 spiro atoms. The van der Waals surface area contributed by atoms with Gasteiger partial charge in [-0.2, -0.15) is 0 Å². The average molecular weight is 311 g/mol. The summed E-state index contributed by atoms with van der Waals surface area (Å²) >= 11 is 0. The van der Waals surface area contributed by atoms with Crippen LogP contribution in [0.5, 0.6) is 5.75 Å². The van der Waals surface area contributed by atoms with Crippen molar-refractivity contribution < 1.29 is 9.84 Å². The van der Waals surface area contributed by atoms with Crippen molar-refractivity contribution in [3.05, 3.63) is 65.7 Å². The first-order chi connectivity index (χ1) is 11.1. The monoisotopic (exact) mass is 311 g/mol. The molecule has 1 aliphatic rings. The van der Waals surface area contributed by atoms with Gasteiger partial charge in [0, 0.05) is 0 Å². The summed E-state index contributed by atoms with van der Waals surface area (Å²) in [7, 11) is 0. The van der Waals surface area contributed by atoms with E-state index in [0.717, 1.165) is 31.6 Å². The van der Waals surface area contributed by atoms with Crippen molar-refractivity contribution in [2.75, 3.05) is 6.61 Å². The summed E-state index contributed by atoms with van der Waals surface area (Å²) in [5.74, 6) is 1.32. The molecular formula is C20H25NO2. The summed E-state index contributed by atoms with van der Waals surface area (Å²) < 4.78 is 5.71. The van der Waals surface area contributed by atoms with E-state index in [9.17, 15) is 5.11 Å². The molecule has 0 aliphatic heterocycles. The first kappa shape index (κ1) is 16.0. The van der Waals surface area contributed by atoms with Gasteiger partial charge in [-0.3, -0.25) is 0 Å². The maximum absolute atomic E-state index is 9.88. The van der Waals surface area contributed by atoms with Crippen LogP contribution in [0, 0.1) is 0 Å². The van der Waals surface area contributed by atoms with Gasteiger partial charge in [-0.25, -0.2) is 0 Å². The summed E-state index contributed by atoms with van der Waals surface area (Å²) in [6.45, 7) is 0.731. The molecule has 3 N–H and O–H groups in total. The Bertz CT molecular complexity index is 607. The van der Waals surface area contributed by atoms with Gasteiger partial charge in [0.15, 0.2) is 0 Å². The maximum Gasteiger partial charge on any atom is 0.119 e. The Labute approximate surface area is 138 Å². The molecule has 1 saturated carbocycles. The van der Waals surface area contributed by atoms with Crippen LogP contribution in [-0.2, 0) is 6.42 Å². The van der Waals surface area contributed by atoms with Crippen LogP contribution in [-0.4, -0.2) is 17.4 Å². The fraction of sp³-hybridized carbons (Fsp3) is 0.400. The lowest BCUT2D eigenvalue weighted by molar-refractivity contribution is 0.0533. The van der Waals surface area contributed by atoms with E-state index in [1.165, 1.54) is 11.1 Å². The van der Waals surface area contributed by atoms with Crippen LogP contribution in [0.25, 0.3) is 0 Å². The SMILES string of the molecule is N[C@]1(O)CC[C@@H](c2ccc(CCCOc3ccccc3)cc2)C1. The Morgan fingerprint density at radius 2 is 1.83 bits per heavy atom. The number of aryl methyl sites for hydroxylation is 1. The third-order valence-corrected chi connectivity index (χ3v) is 4.60. The third-order valence-electron chi connectivity index (χ3n) is 4.60. The quantitative estimate of drug-likeness (QED) is 0.633. The zero-order valence-corrected chi connectivity index (χ0v) is 13.4. The summed E-state index contributed by atoms with van der Waals surface area (Å²) in [6.07, 6.45) is 4.34. The lowest BCUT2D eigenvalue weighted by Gasteiger charge is -2.16. The first-order valence-corrected chi connectivity index (χ1v) is 8.40. The van der Waals surface area contributed by atoms with Crippen molar-refractivity contribution in [2.45, 2.75) is 43.7 Å². The number of aliphatic hydroxyl groups is 1. The molecule has 2 aromatic rings. The van der Waals surface area contributed by atoms with Gasteiger partial charge in [-0.1, -0.05) is 42.5 Å². The molecule has 0 bridgehead atoms. The lowest BCUT2D eigenvalue weighted by atomic mass is 9.95. The van der Waals surface area contributed by atoms with E-state index in [0.29, 0.717) is 18.8 Å². The van der Waals surface area contributed by atoms with Crippen molar-refractivity contribution in [1.82, 2.24) is 0 Å². The minimum Gasteiger partial charge on any atom is -0.494 e. The van der Waals surface area contributed by atoms with E-state index in [2.05, 4.69) is 24.3 Å². The minimum absolute atomic E-state index is 0.389. The molecule has 0 unspecified atom stereocenters. The molecule has 23 heavy (non-hydrogen) atoms. The Kier molecular flexibility index (Phi) is 4.99. The highest BCUT2D eigenvalue weighted by Crippen LogP contribution is 2.38. The number of nitrogens with two attached hydrogens (primary N) is 1. The van der Waals surface area contributed by atoms with Crippen LogP contribution >= 0.6 is 0 Å². The maximum atomic E-state index is 9.88. The topological polar surface area (TPSA) is 55.5 Å². The average Bonchev–Trinajstić information content (AvgIpc) is 2.93. The highest BCUT2D eigenvalue weighted by atomic mass is 16.5. The van der Waals surface area contributed by atoms with E-state index < -0.39 is 5.72 Å². The normalized spacial score (nSPS) is 23.8. The second-order valence-electron chi connectivity index (χ2n) is 6.55. The van der Waals surface area contributed by atoms with Gasteiger partial charge in [-0.05, 0) is 61.3 Å². The van der Waals surface area contributed by atoms with Crippen LogP contribution in [0.4, 0.5) is 0 Å². The fourth-order valence-corrected chi connectivity index (χ4v) is 3.28. The van der Waals surface area contributed by atoms with Gasteiger partial charge < -0.3 is 15.6 Å². The molecule has 0 amide bonds. The fourth-order valence-electron chi connectivity index (χ4n) is 3.28. The molecule has 0 heterocycles. The molecule has 3 rings (SSSR count). The Morgan fingerprint density at radius 3 is 2.48 bits per heavy atom. The smallest absolute Gasteiger partial charge is 0.119 e. The molecule has 1 fully saturated rings. The van der Waals surface area contributed by atoms with Crippen LogP contribution in [0.3, 0.4) is 0 Å². The number of para-hydroxylation sites is 1. The summed E-state index contributed by atoms with van der Waals surface area (Å²) in [5, 5.41) is 9.88. The van der Waals surface area contributed by atoms with Gasteiger partial charge in [0.05, 0.1) is 6.61 Å². The summed E-state index contributed by atoms with van der Waals surface area (Å²) in [5.41, 5.74) is 7.45. The number of ether oxygens (including phenoxy) is 1. The summed E-state index contributed by atoms with van der Waals surface area (Å²) in [4.78, 5) is 0. The Morgan fingerprint density at radius 1 is 1.09 bits per heavy atom. The lowest BCUT2D eigenvalue weighted by Crippen LogP contribution is -2.35. The van der Waals surface area contributed by atoms with Gasteiger partial charge in [-0.15, -0.1) is 0 Å². The van der Waals surface area contributed by atoms with Crippen molar-refractivity contribution in [3.8, 4) is 5.75 Å². The second-order valence-corrected chi connectivity index (χ2v) is 6.55. The molecule has 3 heteroatoms. The van der Waals surface area contributed by atoms with Gasteiger partial charge in [0.25, 0.3) is 0 Å². The molecule has 0 radical (unpaired) electrons. The van der Waals surface area contributed by atoms with Gasteiger partial charge in [0.2, 0.25) is 0 Å². The molecule has 122 valence electrons. The van der Waals surface area contributed by atoms with Crippen LogP contribution < -0.4 is 10.5 Å². The van der Waals surface area contributed by atoms with E-state index in [1.54, 1.807) is 0 Å². The number of hydrogen-bond acceptors (Lipinski definition) is 3. The van der Waals surface area contributed by atoms with Crippen molar-refractivity contribution >= 4 is 0 Å². The first-order valence-electron chi connectivity index (χ1n) is 8.40. The minimum atomic E-state index is -0.974. The Balaban J connectivity index is 1.45. The summed E-state index contributed by atoms with van der Waals surface area (Å²) in [6, 6.07) is 18.7. The van der Waals surface area contributed by atoms with Crippen LogP contribution in [0.1, 0.15) is 42.7 Å². The third kappa shape index (κ3) is 4.57. The predicted molar refractivity (Wildman–Crippen MR) is 92.4 cm³/mol. The number of benzene rings is 2. The van der Waals surface area contributed by atoms with Crippen LogP contribution in [0.15, 0.2) is 54.6 Å². The molecule has 3 nitrogen and oxygen atoms in total. The number of rotatable bonds is 6. The van der Waals surface area contributed by atoms with E-state index in [4.69, 9.17) is 10.5 Å². The van der Waals surface area contributed by atoms with Crippen molar-refractivity contribution in [1.29, 1.82) is 0 Å². The second kappa shape index (κ2) is 7.16. The van der Waals surface area contributed by atoms with Crippen molar-refractivity contribution in [3.63, 3.8) is 0 Å².